The number of carbonyl (C=O) groups excluding carboxylic acids is 1. The number of amides is 1. The second kappa shape index (κ2) is 8.43. The molecule has 1 aromatic rings. The summed E-state index contributed by atoms with van der Waals surface area (Å²) in [6.45, 7) is 9.21. The lowest BCUT2D eigenvalue weighted by Crippen LogP contribution is -2.46. The van der Waals surface area contributed by atoms with Gasteiger partial charge in [-0.1, -0.05) is 12.1 Å². The second-order valence-electron chi connectivity index (χ2n) is 6.53. The molecular formula is C18H28N4O. The fourth-order valence-corrected chi connectivity index (χ4v) is 3.37. The van der Waals surface area contributed by atoms with Crippen LogP contribution in [0.5, 0.6) is 0 Å². The molecule has 3 rings (SSSR count). The maximum absolute atomic E-state index is 12.3. The van der Waals surface area contributed by atoms with E-state index in [0.717, 1.165) is 51.4 Å². The van der Waals surface area contributed by atoms with Gasteiger partial charge in [-0.2, -0.15) is 0 Å². The molecule has 2 saturated heterocycles. The van der Waals surface area contributed by atoms with Crippen LogP contribution < -0.4 is 10.6 Å². The molecule has 0 unspecified atom stereocenters. The molecule has 0 bridgehead atoms. The van der Waals surface area contributed by atoms with E-state index in [1.54, 1.807) is 0 Å². The number of hydrogen-bond donors (Lipinski definition) is 2. The van der Waals surface area contributed by atoms with Gasteiger partial charge in [-0.05, 0) is 43.6 Å². The Morgan fingerprint density at radius 1 is 1.09 bits per heavy atom. The van der Waals surface area contributed by atoms with E-state index in [1.807, 2.05) is 18.2 Å². The highest BCUT2D eigenvalue weighted by Gasteiger charge is 2.13. The van der Waals surface area contributed by atoms with Gasteiger partial charge in [-0.3, -0.25) is 14.6 Å². The van der Waals surface area contributed by atoms with E-state index in [2.05, 4.69) is 26.5 Å². The molecule has 2 fully saturated rings. The number of nitrogens with zero attached hydrogens (tertiary/aromatic N) is 2. The van der Waals surface area contributed by atoms with E-state index in [-0.39, 0.29) is 5.91 Å². The molecule has 1 amide bonds. The lowest BCUT2D eigenvalue weighted by Gasteiger charge is -2.27. The van der Waals surface area contributed by atoms with Crippen LogP contribution in [0.25, 0.3) is 0 Å². The fraction of sp³-hybridized carbons (Fsp3) is 0.611. The van der Waals surface area contributed by atoms with Crippen LogP contribution in [0.4, 0.5) is 0 Å². The normalized spacial score (nSPS) is 19.8. The number of carbonyl (C=O) groups is 1. The Kier molecular flexibility index (Phi) is 6.02. The van der Waals surface area contributed by atoms with Crippen LogP contribution >= 0.6 is 0 Å². The smallest absolute Gasteiger partial charge is 0.251 e. The summed E-state index contributed by atoms with van der Waals surface area (Å²) in [7, 11) is 0. The van der Waals surface area contributed by atoms with Gasteiger partial charge in [0.25, 0.3) is 5.91 Å². The Morgan fingerprint density at radius 2 is 1.87 bits per heavy atom. The maximum atomic E-state index is 12.3. The third-order valence-corrected chi connectivity index (χ3v) is 4.72. The molecule has 0 aromatic heterocycles. The Hall–Kier alpha value is -1.43. The molecule has 5 heteroatoms. The highest BCUT2D eigenvalue weighted by molar-refractivity contribution is 5.94. The van der Waals surface area contributed by atoms with Gasteiger partial charge in [-0.25, -0.2) is 0 Å². The summed E-state index contributed by atoms with van der Waals surface area (Å²) in [5, 5.41) is 6.39. The summed E-state index contributed by atoms with van der Waals surface area (Å²) in [4.78, 5) is 17.2. The van der Waals surface area contributed by atoms with Crippen molar-refractivity contribution >= 4 is 5.91 Å². The van der Waals surface area contributed by atoms with Gasteiger partial charge in [0, 0.05) is 51.4 Å². The first-order valence-corrected chi connectivity index (χ1v) is 8.84. The summed E-state index contributed by atoms with van der Waals surface area (Å²) in [6, 6.07) is 8.07. The van der Waals surface area contributed by atoms with Crippen molar-refractivity contribution in [1.29, 1.82) is 0 Å². The average Bonchev–Trinajstić information content (AvgIpc) is 3.09. The number of nitrogens with one attached hydrogen (secondary N) is 2. The van der Waals surface area contributed by atoms with Crippen molar-refractivity contribution in [2.24, 2.45) is 0 Å². The van der Waals surface area contributed by atoms with Gasteiger partial charge in [0.05, 0.1) is 0 Å². The van der Waals surface area contributed by atoms with Crippen molar-refractivity contribution in [3.05, 3.63) is 35.4 Å². The lowest BCUT2D eigenvalue weighted by atomic mass is 10.1. The van der Waals surface area contributed by atoms with Gasteiger partial charge in [0.2, 0.25) is 0 Å². The van der Waals surface area contributed by atoms with Crippen LogP contribution in [-0.4, -0.2) is 68.1 Å². The largest absolute Gasteiger partial charge is 0.351 e. The van der Waals surface area contributed by atoms with Crippen molar-refractivity contribution in [2.75, 3.05) is 52.4 Å². The molecule has 2 N–H and O–H groups in total. The number of benzene rings is 1. The zero-order valence-electron chi connectivity index (χ0n) is 13.9. The molecule has 0 saturated carbocycles. The van der Waals surface area contributed by atoms with E-state index in [1.165, 1.54) is 31.5 Å². The van der Waals surface area contributed by atoms with E-state index in [0.29, 0.717) is 0 Å². The molecule has 0 spiro atoms. The Balaban J connectivity index is 1.46. The van der Waals surface area contributed by atoms with E-state index in [9.17, 15) is 4.79 Å². The van der Waals surface area contributed by atoms with Gasteiger partial charge in [0.15, 0.2) is 0 Å². The predicted molar refractivity (Wildman–Crippen MR) is 92.6 cm³/mol. The Bertz CT molecular complexity index is 507. The molecule has 1 aromatic carbocycles. The minimum absolute atomic E-state index is 0.0448. The average molecular weight is 316 g/mol. The molecule has 0 radical (unpaired) electrons. The van der Waals surface area contributed by atoms with Gasteiger partial charge < -0.3 is 10.6 Å². The molecule has 2 aliphatic rings. The number of rotatable bonds is 6. The third kappa shape index (κ3) is 5.03. The first kappa shape index (κ1) is 16.4. The van der Waals surface area contributed by atoms with Crippen LogP contribution in [0.1, 0.15) is 28.8 Å². The van der Waals surface area contributed by atoms with Crippen LogP contribution in [0.3, 0.4) is 0 Å². The van der Waals surface area contributed by atoms with Crippen molar-refractivity contribution in [3.63, 3.8) is 0 Å². The van der Waals surface area contributed by atoms with Crippen LogP contribution in [0.15, 0.2) is 24.3 Å². The van der Waals surface area contributed by atoms with E-state index < -0.39 is 0 Å². The summed E-state index contributed by atoms with van der Waals surface area (Å²) >= 11 is 0. The first-order valence-electron chi connectivity index (χ1n) is 8.84. The monoisotopic (exact) mass is 316 g/mol. The number of likely N-dealkylation sites (tertiary alicyclic amines) is 1. The number of piperazine rings is 1. The van der Waals surface area contributed by atoms with Crippen LogP contribution in [0, 0.1) is 0 Å². The molecule has 126 valence electrons. The van der Waals surface area contributed by atoms with Crippen molar-refractivity contribution < 1.29 is 4.79 Å². The quantitative estimate of drug-likeness (QED) is 0.819. The Labute approximate surface area is 139 Å². The maximum Gasteiger partial charge on any atom is 0.251 e. The zero-order chi connectivity index (χ0) is 15.9. The first-order chi connectivity index (χ1) is 11.3. The summed E-state index contributed by atoms with van der Waals surface area (Å²) in [5.74, 6) is 0.0448. The predicted octanol–water partition coefficient (Wildman–Crippen LogP) is 0.917. The molecule has 2 heterocycles. The molecule has 5 nitrogen and oxygen atoms in total. The standard InChI is InChI=1S/C18H28N4O/c23-18(20-8-13-21-11-6-19-7-12-21)17-5-3-4-16(14-17)15-22-9-1-2-10-22/h3-5,14,19H,1-2,6-13,15H2,(H,20,23). The van der Waals surface area contributed by atoms with Crippen molar-refractivity contribution in [1.82, 2.24) is 20.4 Å². The summed E-state index contributed by atoms with van der Waals surface area (Å²) in [6.07, 6.45) is 2.60. The topological polar surface area (TPSA) is 47.6 Å². The fourth-order valence-electron chi connectivity index (χ4n) is 3.37. The number of hydrogen-bond acceptors (Lipinski definition) is 4. The Morgan fingerprint density at radius 3 is 2.65 bits per heavy atom. The minimum Gasteiger partial charge on any atom is -0.351 e. The summed E-state index contributed by atoms with van der Waals surface area (Å²) in [5.41, 5.74) is 2.02. The minimum atomic E-state index is 0.0448. The van der Waals surface area contributed by atoms with Crippen LogP contribution in [0.2, 0.25) is 0 Å². The van der Waals surface area contributed by atoms with Gasteiger partial charge >= 0.3 is 0 Å². The SMILES string of the molecule is O=C(NCCN1CCNCC1)c1cccc(CN2CCCC2)c1. The molecule has 0 aliphatic carbocycles. The summed E-state index contributed by atoms with van der Waals surface area (Å²) < 4.78 is 0. The highest BCUT2D eigenvalue weighted by Crippen LogP contribution is 2.13. The molecule has 2 aliphatic heterocycles. The van der Waals surface area contributed by atoms with Crippen LogP contribution in [-0.2, 0) is 6.54 Å². The lowest BCUT2D eigenvalue weighted by molar-refractivity contribution is 0.0947. The van der Waals surface area contributed by atoms with Crippen molar-refractivity contribution in [2.45, 2.75) is 19.4 Å². The van der Waals surface area contributed by atoms with Gasteiger partial charge in [-0.15, -0.1) is 0 Å². The highest BCUT2D eigenvalue weighted by atomic mass is 16.1. The molecule has 23 heavy (non-hydrogen) atoms. The second-order valence-corrected chi connectivity index (χ2v) is 6.53. The van der Waals surface area contributed by atoms with E-state index in [4.69, 9.17) is 0 Å². The molecule has 0 atom stereocenters. The molecular weight excluding hydrogens is 288 g/mol. The third-order valence-electron chi connectivity index (χ3n) is 4.72. The van der Waals surface area contributed by atoms with Crippen molar-refractivity contribution in [3.8, 4) is 0 Å². The van der Waals surface area contributed by atoms with E-state index >= 15 is 0 Å². The zero-order valence-corrected chi connectivity index (χ0v) is 13.9. The van der Waals surface area contributed by atoms with Gasteiger partial charge in [0.1, 0.15) is 0 Å².